The van der Waals surface area contributed by atoms with Gasteiger partial charge in [0.05, 0.1) is 4.92 Å². The van der Waals surface area contributed by atoms with Crippen LogP contribution in [0.3, 0.4) is 0 Å². The maximum atomic E-state index is 12.4. The van der Waals surface area contributed by atoms with Crippen LogP contribution in [0.2, 0.25) is 0 Å². The van der Waals surface area contributed by atoms with Crippen molar-refractivity contribution < 1.29 is 9.72 Å². The molecule has 3 rings (SSSR count). The fraction of sp³-hybridized carbons (Fsp3) is 0.208. The minimum atomic E-state index is -0.445. The van der Waals surface area contributed by atoms with Gasteiger partial charge >= 0.3 is 0 Å². The van der Waals surface area contributed by atoms with E-state index < -0.39 is 4.92 Å². The van der Waals surface area contributed by atoms with E-state index in [9.17, 15) is 14.9 Å². The molecule has 0 spiro atoms. The van der Waals surface area contributed by atoms with Crippen molar-refractivity contribution in [2.75, 3.05) is 11.9 Å². The monoisotopic (exact) mass is 403 g/mol. The van der Waals surface area contributed by atoms with Crippen LogP contribution in [0.1, 0.15) is 29.2 Å². The Kier molecular flexibility index (Phi) is 7.29. The van der Waals surface area contributed by atoms with Gasteiger partial charge < -0.3 is 10.6 Å². The molecule has 0 aliphatic carbocycles. The van der Waals surface area contributed by atoms with Crippen molar-refractivity contribution >= 4 is 17.3 Å². The van der Waals surface area contributed by atoms with Crippen LogP contribution in [0.4, 0.5) is 11.4 Å². The Balaban J connectivity index is 1.58. The van der Waals surface area contributed by atoms with Crippen LogP contribution in [-0.4, -0.2) is 17.4 Å². The van der Waals surface area contributed by atoms with Gasteiger partial charge in [0.1, 0.15) is 0 Å². The second-order valence-corrected chi connectivity index (χ2v) is 7.16. The minimum absolute atomic E-state index is 0.0128. The number of anilines is 1. The number of aryl methyl sites for hydroxylation is 1. The predicted octanol–water partition coefficient (Wildman–Crippen LogP) is 4.81. The van der Waals surface area contributed by atoms with Gasteiger partial charge in [-0.1, -0.05) is 60.7 Å². The highest BCUT2D eigenvalue weighted by molar-refractivity contribution is 5.91. The third-order valence-electron chi connectivity index (χ3n) is 4.92. The Morgan fingerprint density at radius 3 is 2.30 bits per heavy atom. The van der Waals surface area contributed by atoms with Crippen molar-refractivity contribution in [2.24, 2.45) is 0 Å². The number of benzene rings is 3. The predicted molar refractivity (Wildman–Crippen MR) is 118 cm³/mol. The summed E-state index contributed by atoms with van der Waals surface area (Å²) in [5, 5.41) is 17.2. The smallest absolute Gasteiger partial charge is 0.269 e. The summed E-state index contributed by atoms with van der Waals surface area (Å²) in [6, 6.07) is 25.0. The number of nitro groups is 1. The first kappa shape index (κ1) is 21.2. The van der Waals surface area contributed by atoms with Crippen LogP contribution in [0, 0.1) is 17.0 Å². The van der Waals surface area contributed by atoms with Crippen molar-refractivity contribution in [3.8, 4) is 0 Å². The van der Waals surface area contributed by atoms with Gasteiger partial charge in [0.15, 0.2) is 0 Å². The fourth-order valence-electron chi connectivity index (χ4n) is 3.32. The normalized spacial score (nSPS) is 11.6. The van der Waals surface area contributed by atoms with E-state index in [0.717, 1.165) is 6.42 Å². The quantitative estimate of drug-likeness (QED) is 0.397. The molecular formula is C24H25N3O3. The molecule has 3 aromatic carbocycles. The Bertz CT molecular complexity index is 991. The van der Waals surface area contributed by atoms with Crippen molar-refractivity contribution in [1.82, 2.24) is 5.32 Å². The number of nitro benzene ring substituents is 1. The fourth-order valence-corrected chi connectivity index (χ4v) is 3.32. The molecule has 0 fully saturated rings. The molecule has 0 bridgehead atoms. The lowest BCUT2D eigenvalue weighted by Crippen LogP contribution is -2.27. The number of carbonyl (C=O) groups is 1. The summed E-state index contributed by atoms with van der Waals surface area (Å²) < 4.78 is 0. The van der Waals surface area contributed by atoms with E-state index in [1.54, 1.807) is 13.0 Å². The van der Waals surface area contributed by atoms with Crippen LogP contribution >= 0.6 is 0 Å². The first-order valence-corrected chi connectivity index (χ1v) is 9.90. The van der Waals surface area contributed by atoms with E-state index in [0.29, 0.717) is 24.2 Å². The van der Waals surface area contributed by atoms with Crippen molar-refractivity contribution in [3.63, 3.8) is 0 Å². The number of rotatable bonds is 9. The van der Waals surface area contributed by atoms with E-state index in [4.69, 9.17) is 0 Å². The minimum Gasteiger partial charge on any atom is -0.326 e. The Labute approximate surface area is 176 Å². The van der Waals surface area contributed by atoms with Gasteiger partial charge in [-0.2, -0.15) is 0 Å². The molecule has 0 aromatic heterocycles. The van der Waals surface area contributed by atoms with Crippen molar-refractivity contribution in [3.05, 3.63) is 106 Å². The van der Waals surface area contributed by atoms with Crippen LogP contribution in [-0.2, 0) is 11.2 Å². The molecule has 0 aliphatic rings. The molecule has 3 aromatic rings. The Morgan fingerprint density at radius 1 is 1.00 bits per heavy atom. The number of non-ortho nitro benzene ring substituents is 1. The summed E-state index contributed by atoms with van der Waals surface area (Å²) in [7, 11) is 0. The summed E-state index contributed by atoms with van der Waals surface area (Å²) in [5.41, 5.74) is 3.67. The largest absolute Gasteiger partial charge is 0.326 e. The third-order valence-corrected chi connectivity index (χ3v) is 4.92. The molecule has 0 heterocycles. The highest BCUT2D eigenvalue weighted by atomic mass is 16.6. The summed E-state index contributed by atoms with van der Waals surface area (Å²) in [6.45, 7) is 2.26. The lowest BCUT2D eigenvalue weighted by Gasteiger charge is -2.19. The van der Waals surface area contributed by atoms with Crippen molar-refractivity contribution in [1.29, 1.82) is 0 Å². The van der Waals surface area contributed by atoms with Gasteiger partial charge in [-0.25, -0.2) is 0 Å². The van der Waals surface area contributed by atoms with Crippen molar-refractivity contribution in [2.45, 2.75) is 25.8 Å². The number of nitrogens with zero attached hydrogens (tertiary/aromatic N) is 1. The van der Waals surface area contributed by atoms with E-state index in [2.05, 4.69) is 34.9 Å². The number of nitrogens with one attached hydrogen (secondary N) is 2. The van der Waals surface area contributed by atoms with Gasteiger partial charge in [-0.3, -0.25) is 14.9 Å². The summed E-state index contributed by atoms with van der Waals surface area (Å²) in [4.78, 5) is 22.8. The summed E-state index contributed by atoms with van der Waals surface area (Å²) in [5.74, 6) is -0.133. The third kappa shape index (κ3) is 5.99. The lowest BCUT2D eigenvalue weighted by atomic mass is 9.99. The van der Waals surface area contributed by atoms with Gasteiger partial charge in [-0.15, -0.1) is 0 Å². The molecule has 6 nitrogen and oxygen atoms in total. The molecule has 0 radical (unpaired) electrons. The number of carbonyl (C=O) groups excluding carboxylic acids is 1. The molecule has 1 atom stereocenters. The van der Waals surface area contributed by atoms with Crippen LogP contribution in [0.25, 0.3) is 0 Å². The van der Waals surface area contributed by atoms with Gasteiger partial charge in [0.25, 0.3) is 5.69 Å². The Morgan fingerprint density at radius 2 is 1.67 bits per heavy atom. The standard InChI is InChI=1S/C24H25N3O3/c1-18-16-21(27(29)30)12-13-22(18)26-24(28)14-15-25-23(20-10-6-3-7-11-20)17-19-8-4-2-5-9-19/h2-13,16,23,25H,14-15,17H2,1H3,(H,26,28). The topological polar surface area (TPSA) is 84.3 Å². The molecule has 2 N–H and O–H groups in total. The first-order chi connectivity index (χ1) is 14.5. The molecule has 30 heavy (non-hydrogen) atoms. The number of amides is 1. The molecule has 6 heteroatoms. The molecule has 1 unspecified atom stereocenters. The maximum absolute atomic E-state index is 12.4. The number of hydrogen-bond acceptors (Lipinski definition) is 4. The zero-order valence-electron chi connectivity index (χ0n) is 16.9. The summed E-state index contributed by atoms with van der Waals surface area (Å²) in [6.07, 6.45) is 1.13. The van der Waals surface area contributed by atoms with E-state index in [-0.39, 0.29) is 17.6 Å². The molecule has 1 amide bonds. The van der Waals surface area contributed by atoms with E-state index in [1.165, 1.54) is 23.3 Å². The molecule has 0 aliphatic heterocycles. The Hall–Kier alpha value is -3.51. The van der Waals surface area contributed by atoms with Crippen LogP contribution < -0.4 is 10.6 Å². The average molecular weight is 403 g/mol. The summed E-state index contributed by atoms with van der Waals surface area (Å²) >= 11 is 0. The number of hydrogen-bond donors (Lipinski definition) is 2. The molecule has 0 saturated heterocycles. The van der Waals surface area contributed by atoms with E-state index >= 15 is 0 Å². The second kappa shape index (κ2) is 10.3. The van der Waals surface area contributed by atoms with E-state index in [1.807, 2.05) is 36.4 Å². The first-order valence-electron chi connectivity index (χ1n) is 9.90. The SMILES string of the molecule is Cc1cc([N+](=O)[O-])ccc1NC(=O)CCNC(Cc1ccccc1)c1ccccc1. The van der Waals surface area contributed by atoms with Gasteiger partial charge in [-0.05, 0) is 36.1 Å². The highest BCUT2D eigenvalue weighted by Gasteiger charge is 2.14. The molecule has 154 valence electrons. The zero-order valence-corrected chi connectivity index (χ0v) is 16.9. The zero-order chi connectivity index (χ0) is 21.3. The second-order valence-electron chi connectivity index (χ2n) is 7.16. The van der Waals surface area contributed by atoms with Gasteiger partial charge in [0.2, 0.25) is 5.91 Å². The van der Waals surface area contributed by atoms with Crippen LogP contribution in [0.5, 0.6) is 0 Å². The molecule has 0 saturated carbocycles. The maximum Gasteiger partial charge on any atom is 0.269 e. The van der Waals surface area contributed by atoms with Crippen LogP contribution in [0.15, 0.2) is 78.9 Å². The molecular weight excluding hydrogens is 378 g/mol. The lowest BCUT2D eigenvalue weighted by molar-refractivity contribution is -0.384. The van der Waals surface area contributed by atoms with Gasteiger partial charge in [0, 0.05) is 36.8 Å². The highest BCUT2D eigenvalue weighted by Crippen LogP contribution is 2.21. The average Bonchev–Trinajstić information content (AvgIpc) is 2.75.